The van der Waals surface area contributed by atoms with Crippen LogP contribution in [0.5, 0.6) is 5.75 Å². The summed E-state index contributed by atoms with van der Waals surface area (Å²) in [6, 6.07) is 13.9. The van der Waals surface area contributed by atoms with Gasteiger partial charge in [-0.25, -0.2) is 4.98 Å². The molecule has 6 heteroatoms. The Bertz CT molecular complexity index is 811. The molecule has 0 fully saturated rings. The first-order chi connectivity index (χ1) is 10.1. The van der Waals surface area contributed by atoms with Crippen molar-refractivity contribution >= 4 is 16.7 Å². The highest BCUT2D eigenvalue weighted by Crippen LogP contribution is 2.21. The standard InChI is InChI=1S/C15H13N3O3/c1-17-14-8-3-2-7-13(14)16-15(17)10-21-12-6-4-5-11(9-12)18(19)20/h2-9H,10H2,1H3. The lowest BCUT2D eigenvalue weighted by Crippen LogP contribution is -2.03. The molecule has 0 atom stereocenters. The van der Waals surface area contributed by atoms with E-state index in [1.54, 1.807) is 12.1 Å². The number of hydrogen-bond donors (Lipinski definition) is 0. The van der Waals surface area contributed by atoms with Crippen molar-refractivity contribution in [3.63, 3.8) is 0 Å². The molecule has 0 aliphatic rings. The Morgan fingerprint density at radius 2 is 2.05 bits per heavy atom. The number of ether oxygens (including phenoxy) is 1. The molecule has 106 valence electrons. The molecule has 0 radical (unpaired) electrons. The normalized spacial score (nSPS) is 10.7. The van der Waals surface area contributed by atoms with Crippen LogP contribution in [0.1, 0.15) is 5.82 Å². The molecule has 2 aromatic carbocycles. The average molecular weight is 283 g/mol. The molecule has 0 unspecified atom stereocenters. The van der Waals surface area contributed by atoms with E-state index in [0.717, 1.165) is 16.9 Å². The molecule has 0 spiro atoms. The minimum absolute atomic E-state index is 0.0116. The first-order valence-electron chi connectivity index (χ1n) is 6.43. The first kappa shape index (κ1) is 13.1. The van der Waals surface area contributed by atoms with E-state index >= 15 is 0 Å². The minimum atomic E-state index is -0.443. The van der Waals surface area contributed by atoms with Gasteiger partial charge in [-0.2, -0.15) is 0 Å². The van der Waals surface area contributed by atoms with Gasteiger partial charge in [0.15, 0.2) is 0 Å². The summed E-state index contributed by atoms with van der Waals surface area (Å²) in [6.45, 7) is 0.256. The first-order valence-corrected chi connectivity index (χ1v) is 6.43. The van der Waals surface area contributed by atoms with Gasteiger partial charge in [-0.05, 0) is 18.2 Å². The van der Waals surface area contributed by atoms with Crippen molar-refractivity contribution in [2.45, 2.75) is 6.61 Å². The number of nitro benzene ring substituents is 1. The second-order valence-electron chi connectivity index (χ2n) is 4.62. The van der Waals surface area contributed by atoms with E-state index in [1.807, 2.05) is 35.9 Å². The van der Waals surface area contributed by atoms with Crippen molar-refractivity contribution in [3.8, 4) is 5.75 Å². The summed E-state index contributed by atoms with van der Waals surface area (Å²) in [5, 5.41) is 10.7. The molecular weight excluding hydrogens is 270 g/mol. The van der Waals surface area contributed by atoms with Gasteiger partial charge >= 0.3 is 0 Å². The summed E-state index contributed by atoms with van der Waals surface area (Å²) in [5.74, 6) is 1.22. The van der Waals surface area contributed by atoms with Crippen LogP contribution in [0.25, 0.3) is 11.0 Å². The largest absolute Gasteiger partial charge is 0.485 e. The summed E-state index contributed by atoms with van der Waals surface area (Å²) in [5.41, 5.74) is 1.94. The van der Waals surface area contributed by atoms with Crippen LogP contribution >= 0.6 is 0 Å². The van der Waals surface area contributed by atoms with Gasteiger partial charge in [0.25, 0.3) is 5.69 Å². The van der Waals surface area contributed by atoms with E-state index < -0.39 is 4.92 Å². The van der Waals surface area contributed by atoms with Crippen LogP contribution in [0.4, 0.5) is 5.69 Å². The number of aryl methyl sites for hydroxylation is 1. The van der Waals surface area contributed by atoms with Crippen molar-refractivity contribution in [1.29, 1.82) is 0 Å². The molecule has 0 saturated heterocycles. The third-order valence-corrected chi connectivity index (χ3v) is 3.28. The molecule has 0 N–H and O–H groups in total. The number of fused-ring (bicyclic) bond motifs is 1. The minimum Gasteiger partial charge on any atom is -0.485 e. The Morgan fingerprint density at radius 1 is 1.24 bits per heavy atom. The number of imidazole rings is 1. The van der Waals surface area contributed by atoms with Crippen LogP contribution in [0.3, 0.4) is 0 Å². The van der Waals surface area contributed by atoms with Crippen molar-refractivity contribution in [3.05, 3.63) is 64.5 Å². The number of nitrogens with zero attached hydrogens (tertiary/aromatic N) is 3. The fraction of sp³-hybridized carbons (Fsp3) is 0.133. The van der Waals surface area contributed by atoms with Gasteiger partial charge < -0.3 is 9.30 Å². The topological polar surface area (TPSA) is 70.2 Å². The molecule has 0 aliphatic carbocycles. The Kier molecular flexibility index (Phi) is 3.27. The Hall–Kier alpha value is -2.89. The molecule has 3 aromatic rings. The third-order valence-electron chi connectivity index (χ3n) is 3.28. The number of benzene rings is 2. The zero-order valence-electron chi connectivity index (χ0n) is 11.4. The highest BCUT2D eigenvalue weighted by Gasteiger charge is 2.09. The lowest BCUT2D eigenvalue weighted by Gasteiger charge is -2.06. The van der Waals surface area contributed by atoms with E-state index in [-0.39, 0.29) is 12.3 Å². The van der Waals surface area contributed by atoms with E-state index in [4.69, 9.17) is 4.74 Å². The fourth-order valence-electron chi connectivity index (χ4n) is 2.16. The van der Waals surface area contributed by atoms with Crippen LogP contribution < -0.4 is 4.74 Å². The summed E-state index contributed by atoms with van der Waals surface area (Å²) in [4.78, 5) is 14.8. The average Bonchev–Trinajstić information content (AvgIpc) is 2.82. The van der Waals surface area contributed by atoms with Crippen LogP contribution in [-0.4, -0.2) is 14.5 Å². The molecule has 1 heterocycles. The molecule has 0 amide bonds. The van der Waals surface area contributed by atoms with Crippen molar-refractivity contribution < 1.29 is 9.66 Å². The smallest absolute Gasteiger partial charge is 0.273 e. The van der Waals surface area contributed by atoms with Crippen LogP contribution in [0, 0.1) is 10.1 Å². The number of hydrogen-bond acceptors (Lipinski definition) is 4. The quantitative estimate of drug-likeness (QED) is 0.545. The summed E-state index contributed by atoms with van der Waals surface area (Å²) in [6.07, 6.45) is 0. The molecule has 0 aliphatic heterocycles. The molecule has 3 rings (SSSR count). The van der Waals surface area contributed by atoms with Crippen molar-refractivity contribution in [2.24, 2.45) is 7.05 Å². The zero-order valence-corrected chi connectivity index (χ0v) is 11.4. The highest BCUT2D eigenvalue weighted by atomic mass is 16.6. The fourth-order valence-corrected chi connectivity index (χ4v) is 2.16. The van der Waals surface area contributed by atoms with E-state index in [0.29, 0.717) is 5.75 Å². The van der Waals surface area contributed by atoms with Gasteiger partial charge in [-0.15, -0.1) is 0 Å². The Labute approximate surface area is 120 Å². The summed E-state index contributed by atoms with van der Waals surface area (Å²) < 4.78 is 7.56. The second kappa shape index (κ2) is 5.24. The third kappa shape index (κ3) is 2.55. The van der Waals surface area contributed by atoms with Gasteiger partial charge in [-0.3, -0.25) is 10.1 Å². The van der Waals surface area contributed by atoms with Crippen molar-refractivity contribution in [1.82, 2.24) is 9.55 Å². The van der Waals surface area contributed by atoms with Gasteiger partial charge in [0.05, 0.1) is 22.0 Å². The predicted octanol–water partition coefficient (Wildman–Crippen LogP) is 3.06. The monoisotopic (exact) mass is 283 g/mol. The maximum absolute atomic E-state index is 10.7. The second-order valence-corrected chi connectivity index (χ2v) is 4.62. The molecule has 0 bridgehead atoms. The number of nitro groups is 1. The molecule has 0 saturated carbocycles. The van der Waals surface area contributed by atoms with E-state index in [2.05, 4.69) is 4.98 Å². The number of para-hydroxylation sites is 2. The molecule has 21 heavy (non-hydrogen) atoms. The maximum atomic E-state index is 10.7. The van der Waals surface area contributed by atoms with Gasteiger partial charge in [-0.1, -0.05) is 18.2 Å². The van der Waals surface area contributed by atoms with Gasteiger partial charge in [0.2, 0.25) is 0 Å². The number of rotatable bonds is 4. The Balaban J connectivity index is 1.82. The SMILES string of the molecule is Cn1c(COc2cccc([N+](=O)[O-])c2)nc2ccccc21. The maximum Gasteiger partial charge on any atom is 0.273 e. The number of non-ortho nitro benzene ring substituents is 1. The van der Waals surface area contributed by atoms with Crippen LogP contribution in [-0.2, 0) is 13.7 Å². The summed E-state index contributed by atoms with van der Waals surface area (Å²) >= 11 is 0. The number of aromatic nitrogens is 2. The van der Waals surface area contributed by atoms with E-state index in [9.17, 15) is 10.1 Å². The lowest BCUT2D eigenvalue weighted by atomic mass is 10.3. The lowest BCUT2D eigenvalue weighted by molar-refractivity contribution is -0.384. The molecular formula is C15H13N3O3. The van der Waals surface area contributed by atoms with Crippen LogP contribution in [0.2, 0.25) is 0 Å². The van der Waals surface area contributed by atoms with Gasteiger partial charge in [0.1, 0.15) is 18.2 Å². The van der Waals surface area contributed by atoms with Crippen molar-refractivity contribution in [2.75, 3.05) is 0 Å². The zero-order chi connectivity index (χ0) is 14.8. The van der Waals surface area contributed by atoms with Gasteiger partial charge in [0, 0.05) is 13.1 Å². The van der Waals surface area contributed by atoms with Crippen LogP contribution in [0.15, 0.2) is 48.5 Å². The highest BCUT2D eigenvalue weighted by molar-refractivity contribution is 5.75. The Morgan fingerprint density at radius 3 is 2.81 bits per heavy atom. The van der Waals surface area contributed by atoms with E-state index in [1.165, 1.54) is 12.1 Å². The predicted molar refractivity (Wildman–Crippen MR) is 78.1 cm³/mol. The molecule has 6 nitrogen and oxygen atoms in total. The molecule has 1 aromatic heterocycles. The summed E-state index contributed by atoms with van der Waals surface area (Å²) in [7, 11) is 1.92.